The molecule has 3 nitrogen and oxygen atoms in total. The smallest absolute Gasteiger partial charge is 0.348 e. The third-order valence-corrected chi connectivity index (χ3v) is 3.99. The van der Waals surface area contributed by atoms with Crippen molar-refractivity contribution >= 4 is 21.8 Å². The van der Waals surface area contributed by atoms with Crippen molar-refractivity contribution in [3.63, 3.8) is 0 Å². The van der Waals surface area contributed by atoms with Gasteiger partial charge < -0.3 is 11.1 Å². The fourth-order valence-corrected chi connectivity index (χ4v) is 2.42. The van der Waals surface area contributed by atoms with E-state index >= 15 is 0 Å². The number of nitrogens with two attached hydrogens (primary N) is 1. The summed E-state index contributed by atoms with van der Waals surface area (Å²) in [4.78, 5) is 12.1. The predicted molar refractivity (Wildman–Crippen MR) is 72.2 cm³/mol. The second-order valence-corrected chi connectivity index (χ2v) is 5.70. The Kier molecular flexibility index (Phi) is 4.39. The first kappa shape index (κ1) is 15.3. The maximum atomic E-state index is 12.7. The summed E-state index contributed by atoms with van der Waals surface area (Å²) in [6.45, 7) is 0.285. The molecule has 1 fully saturated rings. The van der Waals surface area contributed by atoms with Crippen molar-refractivity contribution in [2.45, 2.75) is 25.1 Å². The molecule has 3 N–H and O–H groups in total. The van der Waals surface area contributed by atoms with Gasteiger partial charge in [0.1, 0.15) is 0 Å². The highest BCUT2D eigenvalue weighted by Crippen LogP contribution is 2.34. The summed E-state index contributed by atoms with van der Waals surface area (Å²) < 4.78 is 38.3. The van der Waals surface area contributed by atoms with Gasteiger partial charge in [0, 0.05) is 17.1 Å². The van der Waals surface area contributed by atoms with Crippen molar-refractivity contribution in [3.05, 3.63) is 33.8 Å². The number of hydrogen-bond donors (Lipinski definition) is 2. The molecule has 1 aromatic carbocycles. The van der Waals surface area contributed by atoms with Gasteiger partial charge in [-0.25, -0.2) is 0 Å². The highest BCUT2D eigenvalue weighted by atomic mass is 79.9. The molecule has 0 heterocycles. The summed E-state index contributed by atoms with van der Waals surface area (Å²) in [5, 5.41) is 2.70. The molecule has 1 aromatic rings. The molecule has 0 radical (unpaired) electrons. The molecular weight excluding hydrogens is 337 g/mol. The topological polar surface area (TPSA) is 55.1 Å². The summed E-state index contributed by atoms with van der Waals surface area (Å²) in [6.07, 6.45) is -2.49. The zero-order valence-electron chi connectivity index (χ0n) is 10.5. The molecule has 0 saturated heterocycles. The fraction of sp³-hybridized carbons (Fsp3) is 0.462. The van der Waals surface area contributed by atoms with Gasteiger partial charge in [0.25, 0.3) is 5.91 Å². The van der Waals surface area contributed by atoms with Gasteiger partial charge in [-0.2, -0.15) is 13.2 Å². The Hall–Kier alpha value is -1.08. The third-order valence-electron chi connectivity index (χ3n) is 3.30. The lowest BCUT2D eigenvalue weighted by atomic mass is 10.1. The molecule has 2 rings (SSSR count). The van der Waals surface area contributed by atoms with Crippen molar-refractivity contribution in [2.24, 2.45) is 11.7 Å². The van der Waals surface area contributed by atoms with Crippen LogP contribution in [0.4, 0.5) is 13.2 Å². The normalized spacial score (nSPS) is 16.9. The number of carbonyl (C=O) groups excluding carboxylic acids is 1. The van der Waals surface area contributed by atoms with Crippen LogP contribution in [0.25, 0.3) is 0 Å². The molecule has 20 heavy (non-hydrogen) atoms. The maximum absolute atomic E-state index is 12.7. The van der Waals surface area contributed by atoms with Crippen LogP contribution >= 0.6 is 15.9 Å². The minimum Gasteiger partial charge on any atom is -0.348 e. The Bertz CT molecular complexity index is 515. The zero-order valence-corrected chi connectivity index (χ0v) is 12.1. The van der Waals surface area contributed by atoms with E-state index in [4.69, 9.17) is 5.73 Å². The van der Waals surface area contributed by atoms with Crippen LogP contribution in [0.3, 0.4) is 0 Å². The quantitative estimate of drug-likeness (QED) is 0.877. The molecule has 0 aliphatic heterocycles. The average Bonchev–Trinajstić information content (AvgIpc) is 3.19. The lowest BCUT2D eigenvalue weighted by Crippen LogP contribution is -2.41. The average molecular weight is 351 g/mol. The van der Waals surface area contributed by atoms with Crippen molar-refractivity contribution in [2.75, 3.05) is 6.54 Å². The molecule has 1 aliphatic carbocycles. The number of benzene rings is 1. The fourth-order valence-electron chi connectivity index (χ4n) is 1.99. The third kappa shape index (κ3) is 3.52. The number of carbonyl (C=O) groups is 1. The summed E-state index contributed by atoms with van der Waals surface area (Å²) in [6, 6.07) is 2.83. The number of nitrogens with one attached hydrogen (secondary N) is 1. The SMILES string of the molecule is NCC(NC(=O)c1cc(C(F)(F)F)ccc1Br)C1CC1. The number of hydrogen-bond acceptors (Lipinski definition) is 2. The molecule has 1 unspecified atom stereocenters. The molecule has 1 atom stereocenters. The Balaban J connectivity index is 2.20. The van der Waals surface area contributed by atoms with Crippen LogP contribution in [0.5, 0.6) is 0 Å². The Morgan fingerprint density at radius 3 is 2.60 bits per heavy atom. The molecule has 0 aromatic heterocycles. The number of halogens is 4. The van der Waals surface area contributed by atoms with Gasteiger partial charge in [0.05, 0.1) is 11.1 Å². The van der Waals surface area contributed by atoms with Gasteiger partial charge >= 0.3 is 6.18 Å². The molecular formula is C13H14BrF3N2O. The van der Waals surface area contributed by atoms with Crippen molar-refractivity contribution in [1.29, 1.82) is 0 Å². The van der Waals surface area contributed by atoms with Gasteiger partial charge in [0.2, 0.25) is 0 Å². The van der Waals surface area contributed by atoms with Crippen molar-refractivity contribution < 1.29 is 18.0 Å². The van der Waals surface area contributed by atoms with Gasteiger partial charge in [-0.1, -0.05) is 0 Å². The van der Waals surface area contributed by atoms with Crippen LogP contribution < -0.4 is 11.1 Å². The second-order valence-electron chi connectivity index (χ2n) is 4.85. The maximum Gasteiger partial charge on any atom is 0.416 e. The van der Waals surface area contributed by atoms with Gasteiger partial charge in [-0.3, -0.25) is 4.79 Å². The van der Waals surface area contributed by atoms with Crippen LogP contribution in [0.2, 0.25) is 0 Å². The summed E-state index contributed by atoms with van der Waals surface area (Å²) in [5.41, 5.74) is 4.70. The van der Waals surface area contributed by atoms with E-state index in [2.05, 4.69) is 21.2 Å². The van der Waals surface area contributed by atoms with E-state index in [0.29, 0.717) is 10.4 Å². The van der Waals surface area contributed by atoms with Crippen LogP contribution in [0.1, 0.15) is 28.8 Å². The first-order valence-electron chi connectivity index (χ1n) is 6.20. The monoisotopic (exact) mass is 350 g/mol. The Morgan fingerprint density at radius 2 is 2.10 bits per heavy atom. The van der Waals surface area contributed by atoms with Crippen molar-refractivity contribution in [3.8, 4) is 0 Å². The van der Waals surface area contributed by atoms with Crippen molar-refractivity contribution in [1.82, 2.24) is 5.32 Å². The standard InChI is InChI=1S/C13H14BrF3N2O/c14-10-4-3-8(13(15,16)17)5-9(10)12(20)19-11(6-18)7-1-2-7/h3-5,7,11H,1-2,6,18H2,(H,19,20). The summed E-state index contributed by atoms with van der Waals surface area (Å²) in [5.74, 6) is -0.196. The minimum absolute atomic E-state index is 0.0288. The van der Waals surface area contributed by atoms with Gasteiger partial charge in [-0.05, 0) is 52.9 Å². The lowest BCUT2D eigenvalue weighted by molar-refractivity contribution is -0.137. The first-order valence-corrected chi connectivity index (χ1v) is 7.00. The van der Waals surface area contributed by atoms with E-state index in [1.54, 1.807) is 0 Å². The van der Waals surface area contributed by atoms with E-state index in [0.717, 1.165) is 25.0 Å². The first-order chi connectivity index (χ1) is 9.32. The van der Waals surface area contributed by atoms with Gasteiger partial charge in [-0.15, -0.1) is 0 Å². The highest BCUT2D eigenvalue weighted by molar-refractivity contribution is 9.10. The van der Waals surface area contributed by atoms with Crippen LogP contribution in [-0.2, 0) is 6.18 Å². The molecule has 0 spiro atoms. The van der Waals surface area contributed by atoms with Gasteiger partial charge in [0.15, 0.2) is 0 Å². The number of alkyl halides is 3. The van der Waals surface area contributed by atoms with E-state index in [1.165, 1.54) is 6.07 Å². The van der Waals surface area contributed by atoms with E-state index in [9.17, 15) is 18.0 Å². The van der Waals surface area contributed by atoms with E-state index in [-0.39, 0.29) is 18.2 Å². The van der Waals surface area contributed by atoms with E-state index < -0.39 is 17.6 Å². The highest BCUT2D eigenvalue weighted by Gasteiger charge is 2.34. The number of rotatable bonds is 4. The zero-order chi connectivity index (χ0) is 14.9. The molecule has 110 valence electrons. The summed E-state index contributed by atoms with van der Waals surface area (Å²) >= 11 is 3.10. The predicted octanol–water partition coefficient (Wildman–Crippen LogP) is 2.94. The van der Waals surface area contributed by atoms with Crippen LogP contribution in [0.15, 0.2) is 22.7 Å². The largest absolute Gasteiger partial charge is 0.416 e. The van der Waals surface area contributed by atoms with Crippen LogP contribution in [-0.4, -0.2) is 18.5 Å². The molecule has 7 heteroatoms. The molecule has 1 aliphatic rings. The number of amides is 1. The lowest BCUT2D eigenvalue weighted by Gasteiger charge is -2.17. The Morgan fingerprint density at radius 1 is 1.45 bits per heavy atom. The molecule has 0 bridgehead atoms. The molecule has 1 saturated carbocycles. The van der Waals surface area contributed by atoms with E-state index in [1.807, 2.05) is 0 Å². The second kappa shape index (κ2) is 5.73. The Labute approximate surface area is 122 Å². The van der Waals surface area contributed by atoms with Crippen LogP contribution in [0, 0.1) is 5.92 Å². The minimum atomic E-state index is -4.47. The molecule has 1 amide bonds. The summed E-state index contributed by atoms with van der Waals surface area (Å²) in [7, 11) is 0.